The minimum Gasteiger partial charge on any atom is -0.381 e. The SMILES string of the molecule is NCC1(Cc2ccc(Br)cc2F)CCCOC1. The van der Waals surface area contributed by atoms with Crippen LogP contribution in [0.15, 0.2) is 22.7 Å². The first kappa shape index (κ1) is 13.0. The maximum Gasteiger partial charge on any atom is 0.127 e. The van der Waals surface area contributed by atoms with Crippen LogP contribution in [0.5, 0.6) is 0 Å². The first-order valence-corrected chi connectivity index (χ1v) is 6.66. The van der Waals surface area contributed by atoms with Gasteiger partial charge < -0.3 is 10.5 Å². The van der Waals surface area contributed by atoms with Crippen molar-refractivity contribution in [3.05, 3.63) is 34.1 Å². The van der Waals surface area contributed by atoms with Crippen LogP contribution in [0, 0.1) is 11.2 Å². The summed E-state index contributed by atoms with van der Waals surface area (Å²) in [7, 11) is 0. The second-order valence-electron chi connectivity index (χ2n) is 4.77. The highest BCUT2D eigenvalue weighted by Gasteiger charge is 2.32. The molecule has 2 nitrogen and oxygen atoms in total. The fourth-order valence-electron chi connectivity index (χ4n) is 2.35. The number of hydrogen-bond acceptors (Lipinski definition) is 2. The molecule has 0 aromatic heterocycles. The van der Waals surface area contributed by atoms with Crippen molar-refractivity contribution >= 4 is 15.9 Å². The largest absolute Gasteiger partial charge is 0.381 e. The Morgan fingerprint density at radius 1 is 1.47 bits per heavy atom. The van der Waals surface area contributed by atoms with Crippen LogP contribution in [-0.4, -0.2) is 19.8 Å². The lowest BCUT2D eigenvalue weighted by atomic mass is 9.77. The third-order valence-electron chi connectivity index (χ3n) is 3.42. The molecule has 1 aromatic rings. The van der Waals surface area contributed by atoms with Gasteiger partial charge in [0.1, 0.15) is 5.82 Å². The molecular weight excluding hydrogens is 285 g/mol. The van der Waals surface area contributed by atoms with E-state index in [9.17, 15) is 4.39 Å². The minimum absolute atomic E-state index is 0.0904. The van der Waals surface area contributed by atoms with Crippen LogP contribution in [0.25, 0.3) is 0 Å². The monoisotopic (exact) mass is 301 g/mol. The first-order chi connectivity index (χ1) is 8.15. The van der Waals surface area contributed by atoms with Gasteiger partial charge in [-0.05, 0) is 37.0 Å². The standard InChI is InChI=1S/C13H17BrFNO/c14-11-3-2-10(12(15)6-11)7-13(8-16)4-1-5-17-9-13/h2-3,6H,1,4-5,7-9,16H2. The molecule has 1 aliphatic rings. The molecule has 1 unspecified atom stereocenters. The lowest BCUT2D eigenvalue weighted by Gasteiger charge is -2.36. The summed E-state index contributed by atoms with van der Waals surface area (Å²) < 4.78 is 20.1. The zero-order valence-electron chi connectivity index (χ0n) is 9.72. The van der Waals surface area contributed by atoms with Gasteiger partial charge in [0.15, 0.2) is 0 Å². The Balaban J connectivity index is 2.17. The predicted molar refractivity (Wildman–Crippen MR) is 69.3 cm³/mol. The molecule has 1 heterocycles. The van der Waals surface area contributed by atoms with Crippen molar-refractivity contribution in [2.75, 3.05) is 19.8 Å². The van der Waals surface area contributed by atoms with Gasteiger partial charge in [-0.2, -0.15) is 0 Å². The van der Waals surface area contributed by atoms with Gasteiger partial charge in [0.25, 0.3) is 0 Å². The zero-order chi connectivity index (χ0) is 12.3. The average Bonchev–Trinajstić information content (AvgIpc) is 2.34. The maximum atomic E-state index is 13.8. The van der Waals surface area contributed by atoms with Gasteiger partial charge in [0, 0.05) is 23.0 Å². The number of ether oxygens (including phenoxy) is 1. The third kappa shape index (κ3) is 3.06. The maximum absolute atomic E-state index is 13.8. The fraction of sp³-hybridized carbons (Fsp3) is 0.538. The quantitative estimate of drug-likeness (QED) is 0.932. The van der Waals surface area contributed by atoms with Crippen molar-refractivity contribution in [3.8, 4) is 0 Å². The molecule has 0 spiro atoms. The van der Waals surface area contributed by atoms with Gasteiger partial charge >= 0.3 is 0 Å². The van der Waals surface area contributed by atoms with E-state index in [0.29, 0.717) is 19.6 Å². The van der Waals surface area contributed by atoms with Gasteiger partial charge in [-0.3, -0.25) is 0 Å². The Bertz CT molecular complexity index is 391. The minimum atomic E-state index is -0.169. The molecule has 94 valence electrons. The van der Waals surface area contributed by atoms with Crippen molar-refractivity contribution in [2.45, 2.75) is 19.3 Å². The highest BCUT2D eigenvalue weighted by Crippen LogP contribution is 2.32. The Morgan fingerprint density at radius 2 is 2.29 bits per heavy atom. The van der Waals surface area contributed by atoms with E-state index in [-0.39, 0.29) is 11.2 Å². The zero-order valence-corrected chi connectivity index (χ0v) is 11.3. The second kappa shape index (κ2) is 5.46. The van der Waals surface area contributed by atoms with Gasteiger partial charge in [-0.15, -0.1) is 0 Å². The summed E-state index contributed by atoms with van der Waals surface area (Å²) in [5.41, 5.74) is 6.49. The van der Waals surface area contributed by atoms with Crippen molar-refractivity contribution < 1.29 is 9.13 Å². The molecule has 0 saturated carbocycles. The molecule has 1 saturated heterocycles. The summed E-state index contributed by atoms with van der Waals surface area (Å²) in [6.07, 6.45) is 2.68. The summed E-state index contributed by atoms with van der Waals surface area (Å²) in [5, 5.41) is 0. The van der Waals surface area contributed by atoms with Crippen LogP contribution in [-0.2, 0) is 11.2 Å². The molecule has 17 heavy (non-hydrogen) atoms. The van der Waals surface area contributed by atoms with E-state index < -0.39 is 0 Å². The Hall–Kier alpha value is -0.450. The Morgan fingerprint density at radius 3 is 2.88 bits per heavy atom. The van der Waals surface area contributed by atoms with Crippen LogP contribution in [0.2, 0.25) is 0 Å². The van der Waals surface area contributed by atoms with E-state index in [1.54, 1.807) is 0 Å². The van der Waals surface area contributed by atoms with E-state index in [1.165, 1.54) is 6.07 Å². The number of rotatable bonds is 3. The number of hydrogen-bond donors (Lipinski definition) is 1. The van der Waals surface area contributed by atoms with Crippen LogP contribution in [0.4, 0.5) is 4.39 Å². The summed E-state index contributed by atoms with van der Waals surface area (Å²) in [4.78, 5) is 0. The summed E-state index contributed by atoms with van der Waals surface area (Å²) in [6, 6.07) is 5.20. The smallest absolute Gasteiger partial charge is 0.127 e. The van der Waals surface area contributed by atoms with Crippen molar-refractivity contribution in [1.29, 1.82) is 0 Å². The summed E-state index contributed by atoms with van der Waals surface area (Å²) in [6.45, 7) is 1.98. The van der Waals surface area contributed by atoms with Gasteiger partial charge in [0.2, 0.25) is 0 Å². The van der Waals surface area contributed by atoms with E-state index >= 15 is 0 Å². The fourth-order valence-corrected chi connectivity index (χ4v) is 2.68. The number of halogens is 2. The molecule has 1 fully saturated rings. The molecule has 0 radical (unpaired) electrons. The molecule has 1 aliphatic heterocycles. The third-order valence-corrected chi connectivity index (χ3v) is 3.91. The summed E-state index contributed by atoms with van der Waals surface area (Å²) in [5.74, 6) is -0.169. The average molecular weight is 302 g/mol. The van der Waals surface area contributed by atoms with E-state index in [4.69, 9.17) is 10.5 Å². The van der Waals surface area contributed by atoms with Crippen molar-refractivity contribution in [3.63, 3.8) is 0 Å². The van der Waals surface area contributed by atoms with Crippen molar-refractivity contribution in [1.82, 2.24) is 0 Å². The molecular formula is C13H17BrFNO. The van der Waals surface area contributed by atoms with E-state index in [0.717, 1.165) is 29.5 Å². The Kier molecular flexibility index (Phi) is 4.17. The molecule has 0 bridgehead atoms. The number of benzene rings is 1. The molecule has 0 amide bonds. The van der Waals surface area contributed by atoms with E-state index in [2.05, 4.69) is 15.9 Å². The van der Waals surface area contributed by atoms with Crippen LogP contribution < -0.4 is 5.73 Å². The van der Waals surface area contributed by atoms with Crippen LogP contribution in [0.1, 0.15) is 18.4 Å². The lowest BCUT2D eigenvalue weighted by Crippen LogP contribution is -2.40. The van der Waals surface area contributed by atoms with Gasteiger partial charge in [-0.25, -0.2) is 4.39 Å². The molecule has 1 aromatic carbocycles. The topological polar surface area (TPSA) is 35.2 Å². The second-order valence-corrected chi connectivity index (χ2v) is 5.69. The summed E-state index contributed by atoms with van der Waals surface area (Å²) >= 11 is 3.26. The van der Waals surface area contributed by atoms with Crippen LogP contribution in [0.3, 0.4) is 0 Å². The molecule has 1 atom stereocenters. The predicted octanol–water partition coefficient (Wildman–Crippen LogP) is 2.89. The number of nitrogens with two attached hydrogens (primary N) is 1. The molecule has 0 aliphatic carbocycles. The Labute approximate surface area is 109 Å². The lowest BCUT2D eigenvalue weighted by molar-refractivity contribution is -0.00301. The first-order valence-electron chi connectivity index (χ1n) is 5.87. The molecule has 2 N–H and O–H groups in total. The van der Waals surface area contributed by atoms with Gasteiger partial charge in [0.05, 0.1) is 6.61 Å². The highest BCUT2D eigenvalue weighted by molar-refractivity contribution is 9.10. The van der Waals surface area contributed by atoms with E-state index in [1.807, 2.05) is 12.1 Å². The van der Waals surface area contributed by atoms with Crippen LogP contribution >= 0.6 is 15.9 Å². The normalized spacial score (nSPS) is 24.9. The van der Waals surface area contributed by atoms with Gasteiger partial charge in [-0.1, -0.05) is 22.0 Å². The van der Waals surface area contributed by atoms with Crippen molar-refractivity contribution in [2.24, 2.45) is 11.1 Å². The molecule has 2 rings (SSSR count). The highest BCUT2D eigenvalue weighted by atomic mass is 79.9. The molecule has 4 heteroatoms.